The molecule has 1 aliphatic rings. The second kappa shape index (κ2) is 2.13. The molecule has 0 aromatic heterocycles. The first-order valence-corrected chi connectivity index (χ1v) is 3.40. The Balaban J connectivity index is 2.72. The van der Waals surface area contributed by atoms with Crippen molar-refractivity contribution in [1.29, 1.82) is 0 Å². The molecule has 0 fully saturated rings. The van der Waals surface area contributed by atoms with Crippen LogP contribution in [0.4, 0.5) is 0 Å². The molecule has 0 aromatic rings. The predicted molar refractivity (Wildman–Crippen MR) is 35.1 cm³/mol. The molecule has 2 nitrogen and oxygen atoms in total. The van der Waals surface area contributed by atoms with Gasteiger partial charge in [-0.3, -0.25) is 4.79 Å². The van der Waals surface area contributed by atoms with E-state index in [0.717, 1.165) is 5.04 Å². The van der Waals surface area contributed by atoms with Crippen LogP contribution in [0.2, 0.25) is 0 Å². The van der Waals surface area contributed by atoms with Gasteiger partial charge in [-0.1, -0.05) is 0 Å². The standard InChI is InChI=1S/C5H5NOS/c1-8-5-3-2-4(7)6-5/h2-3H,1H3. The molecule has 1 heterocycles. The van der Waals surface area contributed by atoms with Crippen LogP contribution in [0.1, 0.15) is 0 Å². The van der Waals surface area contributed by atoms with E-state index in [0.29, 0.717) is 0 Å². The van der Waals surface area contributed by atoms with Crippen molar-refractivity contribution in [2.45, 2.75) is 0 Å². The van der Waals surface area contributed by atoms with Crippen molar-refractivity contribution in [3.63, 3.8) is 0 Å². The highest BCUT2D eigenvalue weighted by molar-refractivity contribution is 8.13. The molecular weight excluding hydrogens is 122 g/mol. The maximum absolute atomic E-state index is 10.3. The number of hydrogen-bond acceptors (Lipinski definition) is 2. The number of rotatable bonds is 0. The van der Waals surface area contributed by atoms with Gasteiger partial charge < -0.3 is 0 Å². The van der Waals surface area contributed by atoms with E-state index < -0.39 is 0 Å². The van der Waals surface area contributed by atoms with Gasteiger partial charge in [-0.2, -0.15) is 0 Å². The van der Waals surface area contributed by atoms with Gasteiger partial charge in [-0.15, -0.1) is 11.8 Å². The summed E-state index contributed by atoms with van der Waals surface area (Å²) in [5, 5.41) is 0.801. The fourth-order valence-electron chi connectivity index (χ4n) is 0.439. The molecule has 42 valence electrons. The van der Waals surface area contributed by atoms with E-state index >= 15 is 0 Å². The smallest absolute Gasteiger partial charge is 0.267 e. The molecule has 8 heavy (non-hydrogen) atoms. The van der Waals surface area contributed by atoms with Gasteiger partial charge in [0.1, 0.15) is 5.04 Å². The van der Waals surface area contributed by atoms with Gasteiger partial charge in [0.2, 0.25) is 0 Å². The Morgan fingerprint density at radius 3 is 2.62 bits per heavy atom. The lowest BCUT2D eigenvalue weighted by atomic mass is 10.6. The molecule has 3 heteroatoms. The Morgan fingerprint density at radius 2 is 2.38 bits per heavy atom. The lowest BCUT2D eigenvalue weighted by Crippen LogP contribution is -1.81. The van der Waals surface area contributed by atoms with Crippen molar-refractivity contribution in [3.05, 3.63) is 12.2 Å². The van der Waals surface area contributed by atoms with Gasteiger partial charge >= 0.3 is 0 Å². The zero-order valence-electron chi connectivity index (χ0n) is 4.42. The minimum absolute atomic E-state index is 0.144. The van der Waals surface area contributed by atoms with Gasteiger partial charge in [0, 0.05) is 6.08 Å². The van der Waals surface area contributed by atoms with Gasteiger partial charge in [0.25, 0.3) is 5.91 Å². The van der Waals surface area contributed by atoms with Crippen molar-refractivity contribution < 1.29 is 4.79 Å². The quantitative estimate of drug-likeness (QED) is 0.482. The van der Waals surface area contributed by atoms with Crippen LogP contribution >= 0.6 is 11.8 Å². The Bertz CT molecular complexity index is 171. The van der Waals surface area contributed by atoms with Crippen molar-refractivity contribution >= 4 is 22.7 Å². The van der Waals surface area contributed by atoms with Gasteiger partial charge in [0.05, 0.1) is 0 Å². The van der Waals surface area contributed by atoms with Crippen LogP contribution in [0.3, 0.4) is 0 Å². The summed E-state index contributed by atoms with van der Waals surface area (Å²) in [5.41, 5.74) is 0. The normalized spacial score (nSPS) is 17.1. The third-order valence-corrected chi connectivity index (χ3v) is 1.44. The van der Waals surface area contributed by atoms with Gasteiger partial charge in [-0.05, 0) is 12.3 Å². The fraction of sp³-hybridized carbons (Fsp3) is 0.200. The number of nitrogens with zero attached hydrogens (tertiary/aromatic N) is 1. The van der Waals surface area contributed by atoms with Crippen LogP contribution in [-0.2, 0) is 4.79 Å². The third kappa shape index (κ3) is 0.980. The summed E-state index contributed by atoms with van der Waals surface area (Å²) in [7, 11) is 0. The molecule has 0 aromatic carbocycles. The third-order valence-electron chi connectivity index (χ3n) is 0.798. The molecule has 0 N–H and O–H groups in total. The lowest BCUT2D eigenvalue weighted by molar-refractivity contribution is -0.113. The Labute approximate surface area is 51.7 Å². The summed E-state index contributed by atoms with van der Waals surface area (Å²) < 4.78 is 0. The summed E-state index contributed by atoms with van der Waals surface area (Å²) in [4.78, 5) is 14.0. The molecule has 1 amide bonds. The number of amides is 1. The topological polar surface area (TPSA) is 29.4 Å². The highest BCUT2D eigenvalue weighted by Crippen LogP contribution is 2.05. The molecule has 0 radical (unpaired) electrons. The van der Waals surface area contributed by atoms with E-state index in [2.05, 4.69) is 4.99 Å². The van der Waals surface area contributed by atoms with E-state index in [1.165, 1.54) is 17.8 Å². The molecule has 0 saturated heterocycles. The summed E-state index contributed by atoms with van der Waals surface area (Å²) in [6.07, 6.45) is 5.07. The maximum atomic E-state index is 10.3. The number of thioether (sulfide) groups is 1. The van der Waals surface area contributed by atoms with E-state index in [9.17, 15) is 4.79 Å². The highest BCUT2D eigenvalue weighted by Gasteiger charge is 2.02. The van der Waals surface area contributed by atoms with E-state index in [-0.39, 0.29) is 5.91 Å². The molecule has 0 unspecified atom stereocenters. The molecule has 0 bridgehead atoms. The second-order valence-electron chi connectivity index (χ2n) is 1.33. The second-order valence-corrected chi connectivity index (χ2v) is 2.15. The van der Waals surface area contributed by atoms with Crippen LogP contribution in [0.15, 0.2) is 17.1 Å². The van der Waals surface area contributed by atoms with Gasteiger partial charge in [0.15, 0.2) is 0 Å². The van der Waals surface area contributed by atoms with Crippen LogP contribution < -0.4 is 0 Å². The zero-order valence-corrected chi connectivity index (χ0v) is 5.23. The molecule has 0 atom stereocenters. The number of aliphatic imine (C=N–C) groups is 1. The van der Waals surface area contributed by atoms with Crippen molar-refractivity contribution in [1.82, 2.24) is 0 Å². The van der Waals surface area contributed by atoms with E-state index in [1.54, 1.807) is 6.08 Å². The van der Waals surface area contributed by atoms with Crippen molar-refractivity contribution in [3.8, 4) is 0 Å². The minimum Gasteiger partial charge on any atom is -0.267 e. The molecule has 0 spiro atoms. The average molecular weight is 127 g/mol. The average Bonchev–Trinajstić information content (AvgIpc) is 2.14. The SMILES string of the molecule is CSC1=NC(=O)C=C1. The van der Waals surface area contributed by atoms with Gasteiger partial charge in [-0.25, -0.2) is 4.99 Å². The van der Waals surface area contributed by atoms with Crippen LogP contribution in [0, 0.1) is 0 Å². The monoisotopic (exact) mass is 127 g/mol. The predicted octanol–water partition coefficient (Wildman–Crippen LogP) is 0.844. The Morgan fingerprint density at radius 1 is 1.62 bits per heavy atom. The van der Waals surface area contributed by atoms with Crippen molar-refractivity contribution in [2.75, 3.05) is 6.26 Å². The van der Waals surface area contributed by atoms with Crippen LogP contribution in [-0.4, -0.2) is 17.2 Å². The first-order chi connectivity index (χ1) is 3.83. The minimum atomic E-state index is -0.144. The largest absolute Gasteiger partial charge is 0.270 e. The molecule has 0 saturated carbocycles. The molecular formula is C5H5NOS. The lowest BCUT2D eigenvalue weighted by Gasteiger charge is -1.81. The first-order valence-electron chi connectivity index (χ1n) is 2.17. The highest BCUT2D eigenvalue weighted by atomic mass is 32.2. The van der Waals surface area contributed by atoms with Crippen LogP contribution in [0.25, 0.3) is 0 Å². The summed E-state index contributed by atoms with van der Waals surface area (Å²) in [6.45, 7) is 0. The maximum Gasteiger partial charge on any atom is 0.270 e. The summed E-state index contributed by atoms with van der Waals surface area (Å²) in [6, 6.07) is 0. The molecule has 1 rings (SSSR count). The number of hydrogen-bond donors (Lipinski definition) is 0. The summed E-state index contributed by atoms with van der Waals surface area (Å²) in [5.74, 6) is -0.144. The molecule has 1 aliphatic heterocycles. The molecule has 0 aliphatic carbocycles. The Hall–Kier alpha value is -0.570. The first kappa shape index (κ1) is 5.56. The van der Waals surface area contributed by atoms with Crippen molar-refractivity contribution in [2.24, 2.45) is 4.99 Å². The zero-order chi connectivity index (χ0) is 5.98. The fourth-order valence-corrected chi connectivity index (χ4v) is 0.825. The number of carbonyl (C=O) groups excluding carboxylic acids is 1. The van der Waals surface area contributed by atoms with Crippen LogP contribution in [0.5, 0.6) is 0 Å². The van der Waals surface area contributed by atoms with E-state index in [1.807, 2.05) is 6.26 Å². The Kier molecular flexibility index (Phi) is 1.48. The van der Waals surface area contributed by atoms with E-state index in [4.69, 9.17) is 0 Å². The number of carbonyl (C=O) groups is 1. The summed E-state index contributed by atoms with van der Waals surface area (Å²) >= 11 is 1.48.